The van der Waals surface area contributed by atoms with E-state index in [0.717, 1.165) is 37.7 Å². The summed E-state index contributed by atoms with van der Waals surface area (Å²) < 4.78 is 0. The van der Waals surface area contributed by atoms with Gasteiger partial charge in [0.25, 0.3) is 0 Å². The molecule has 1 saturated carbocycles. The molecule has 3 aliphatic rings. The van der Waals surface area contributed by atoms with Gasteiger partial charge in [0, 0.05) is 31.5 Å². The number of piperidine rings is 1. The first kappa shape index (κ1) is 17.5. The molecule has 0 unspecified atom stereocenters. The number of carbonyl (C=O) groups is 2. The lowest BCUT2D eigenvalue weighted by atomic mass is 9.66. The average Bonchev–Trinajstić information content (AvgIpc) is 3.07. The van der Waals surface area contributed by atoms with Gasteiger partial charge in [0.2, 0.25) is 11.8 Å². The van der Waals surface area contributed by atoms with Crippen LogP contribution in [0.2, 0.25) is 0 Å². The number of benzene rings is 1. The fourth-order valence-electron chi connectivity index (χ4n) is 5.20. The Morgan fingerprint density at radius 3 is 2.62 bits per heavy atom. The molecule has 4 rings (SSSR count). The smallest absolute Gasteiger partial charge is 0.242 e. The molecule has 2 heterocycles. The Balaban J connectivity index is 1.55. The zero-order valence-electron chi connectivity index (χ0n) is 15.3. The molecule has 0 aromatic heterocycles. The molecule has 26 heavy (non-hydrogen) atoms. The van der Waals surface area contributed by atoms with Crippen LogP contribution >= 0.6 is 0 Å². The maximum absolute atomic E-state index is 13.0. The summed E-state index contributed by atoms with van der Waals surface area (Å²) >= 11 is 0. The normalized spacial score (nSPS) is 31.8. The van der Waals surface area contributed by atoms with Crippen LogP contribution in [0, 0.1) is 5.92 Å². The highest BCUT2D eigenvalue weighted by atomic mass is 16.3. The van der Waals surface area contributed by atoms with E-state index in [1.165, 1.54) is 0 Å². The predicted molar refractivity (Wildman–Crippen MR) is 98.2 cm³/mol. The Kier molecular flexibility index (Phi) is 4.74. The Morgan fingerprint density at radius 2 is 1.88 bits per heavy atom. The number of likely N-dealkylation sites (tertiary alicyclic amines) is 2. The Labute approximate surface area is 155 Å². The molecule has 5 nitrogen and oxygen atoms in total. The summed E-state index contributed by atoms with van der Waals surface area (Å²) in [5.41, 5.74) is 0.116. The molecule has 3 fully saturated rings. The molecular formula is C21H28N2O3. The molecular weight excluding hydrogens is 328 g/mol. The van der Waals surface area contributed by atoms with Gasteiger partial charge >= 0.3 is 0 Å². The fraction of sp³-hybridized carbons (Fsp3) is 0.619. The molecule has 2 amide bonds. The summed E-state index contributed by atoms with van der Waals surface area (Å²) in [4.78, 5) is 28.5. The lowest BCUT2D eigenvalue weighted by Crippen LogP contribution is -2.60. The van der Waals surface area contributed by atoms with Crippen LogP contribution in [0.15, 0.2) is 30.3 Å². The second-order valence-corrected chi connectivity index (χ2v) is 8.00. The van der Waals surface area contributed by atoms with E-state index >= 15 is 0 Å². The number of aliphatic hydroxyl groups is 1. The van der Waals surface area contributed by atoms with Gasteiger partial charge in [0.1, 0.15) is 0 Å². The number of fused-ring (bicyclic) bond motifs is 1. The van der Waals surface area contributed by atoms with Crippen LogP contribution in [0.3, 0.4) is 0 Å². The van der Waals surface area contributed by atoms with Crippen LogP contribution in [0.4, 0.5) is 0 Å². The van der Waals surface area contributed by atoms with Crippen molar-refractivity contribution in [3.8, 4) is 0 Å². The van der Waals surface area contributed by atoms with Gasteiger partial charge in [0.05, 0.1) is 12.1 Å². The van der Waals surface area contributed by atoms with E-state index in [1.807, 2.05) is 35.2 Å². The molecule has 1 aromatic rings. The summed E-state index contributed by atoms with van der Waals surface area (Å²) in [6.07, 6.45) is 6.07. The Morgan fingerprint density at radius 1 is 1.12 bits per heavy atom. The number of nitrogens with zero attached hydrogens (tertiary/aromatic N) is 2. The quantitative estimate of drug-likeness (QED) is 0.904. The van der Waals surface area contributed by atoms with Gasteiger partial charge in [-0.05, 0) is 31.2 Å². The molecule has 2 saturated heterocycles. The van der Waals surface area contributed by atoms with E-state index in [2.05, 4.69) is 0 Å². The van der Waals surface area contributed by atoms with Crippen molar-refractivity contribution in [2.24, 2.45) is 5.92 Å². The van der Waals surface area contributed by atoms with Gasteiger partial charge in [0.15, 0.2) is 0 Å². The van der Waals surface area contributed by atoms with Crippen LogP contribution in [0.1, 0.15) is 50.5 Å². The zero-order chi connectivity index (χ0) is 18.1. The molecule has 0 spiro atoms. The van der Waals surface area contributed by atoms with Crippen molar-refractivity contribution in [1.82, 2.24) is 9.80 Å². The molecule has 1 N–H and O–H groups in total. The van der Waals surface area contributed by atoms with Crippen molar-refractivity contribution < 1.29 is 14.7 Å². The van der Waals surface area contributed by atoms with Crippen LogP contribution in [-0.2, 0) is 15.2 Å². The first-order valence-electron chi connectivity index (χ1n) is 9.95. The first-order chi connectivity index (χ1) is 12.6. The molecule has 140 valence electrons. The van der Waals surface area contributed by atoms with Gasteiger partial charge in [-0.25, -0.2) is 0 Å². The maximum Gasteiger partial charge on any atom is 0.242 e. The van der Waals surface area contributed by atoms with Gasteiger partial charge in [-0.1, -0.05) is 43.2 Å². The van der Waals surface area contributed by atoms with Crippen LogP contribution in [0.5, 0.6) is 0 Å². The minimum absolute atomic E-state index is 0.0484. The minimum atomic E-state index is -0.855. The second-order valence-electron chi connectivity index (χ2n) is 8.00. The number of carbonyl (C=O) groups excluding carboxylic acids is 2. The van der Waals surface area contributed by atoms with E-state index in [1.54, 1.807) is 4.90 Å². The monoisotopic (exact) mass is 356 g/mol. The van der Waals surface area contributed by atoms with Crippen LogP contribution in [0.25, 0.3) is 0 Å². The maximum atomic E-state index is 13.0. The standard InChI is InChI=1S/C21H28N2O3/c24-19-11-6-13-22(19)15-20(25)23-14-12-21(26,16-7-2-1-3-8-16)17-9-4-5-10-18(17)23/h1-3,7-8,17-18,26H,4-6,9-15H2/t17-,18+,21+/m0/s1. The predicted octanol–water partition coefficient (Wildman–Crippen LogP) is 2.29. The summed E-state index contributed by atoms with van der Waals surface area (Å²) in [6, 6.07) is 10.0. The number of hydrogen-bond donors (Lipinski definition) is 1. The van der Waals surface area contributed by atoms with E-state index in [9.17, 15) is 14.7 Å². The topological polar surface area (TPSA) is 60.9 Å². The van der Waals surface area contributed by atoms with E-state index in [0.29, 0.717) is 25.9 Å². The zero-order valence-corrected chi connectivity index (χ0v) is 15.3. The lowest BCUT2D eigenvalue weighted by Gasteiger charge is -2.52. The average molecular weight is 356 g/mol. The van der Waals surface area contributed by atoms with Crippen molar-refractivity contribution in [1.29, 1.82) is 0 Å². The van der Waals surface area contributed by atoms with Crippen LogP contribution < -0.4 is 0 Å². The van der Waals surface area contributed by atoms with Gasteiger partial charge in [-0.2, -0.15) is 0 Å². The minimum Gasteiger partial charge on any atom is -0.385 e. The number of rotatable bonds is 3. The van der Waals surface area contributed by atoms with Crippen molar-refractivity contribution in [3.05, 3.63) is 35.9 Å². The lowest BCUT2D eigenvalue weighted by molar-refractivity contribution is -0.157. The summed E-state index contributed by atoms with van der Waals surface area (Å²) in [5, 5.41) is 11.6. The summed E-state index contributed by atoms with van der Waals surface area (Å²) in [5.74, 6) is 0.217. The van der Waals surface area contributed by atoms with Gasteiger partial charge in [-0.15, -0.1) is 0 Å². The largest absolute Gasteiger partial charge is 0.385 e. The number of amides is 2. The Hall–Kier alpha value is -1.88. The fourth-order valence-corrected chi connectivity index (χ4v) is 5.20. The first-order valence-corrected chi connectivity index (χ1v) is 9.95. The summed E-state index contributed by atoms with van der Waals surface area (Å²) in [6.45, 7) is 1.46. The molecule has 3 atom stereocenters. The molecule has 5 heteroatoms. The molecule has 0 bridgehead atoms. The van der Waals surface area contributed by atoms with Crippen molar-refractivity contribution in [2.45, 2.75) is 56.6 Å². The van der Waals surface area contributed by atoms with Crippen molar-refractivity contribution >= 4 is 11.8 Å². The Bertz CT molecular complexity index is 677. The third-order valence-electron chi connectivity index (χ3n) is 6.57. The third-order valence-corrected chi connectivity index (χ3v) is 6.57. The highest BCUT2D eigenvalue weighted by Gasteiger charge is 2.50. The van der Waals surface area contributed by atoms with Gasteiger partial charge in [-0.3, -0.25) is 9.59 Å². The highest BCUT2D eigenvalue weighted by Crippen LogP contribution is 2.46. The SMILES string of the molecule is O=C1CCCN1CC(=O)N1CC[C@@](O)(c2ccccc2)[C@H]2CCCC[C@H]21. The molecule has 1 aliphatic carbocycles. The molecule has 2 aliphatic heterocycles. The van der Waals surface area contributed by atoms with Crippen LogP contribution in [-0.4, -0.2) is 52.4 Å². The third kappa shape index (κ3) is 3.02. The van der Waals surface area contributed by atoms with E-state index in [4.69, 9.17) is 0 Å². The van der Waals surface area contributed by atoms with E-state index in [-0.39, 0.29) is 30.3 Å². The van der Waals surface area contributed by atoms with Crippen molar-refractivity contribution in [2.75, 3.05) is 19.6 Å². The molecule has 0 radical (unpaired) electrons. The number of hydrogen-bond acceptors (Lipinski definition) is 3. The van der Waals surface area contributed by atoms with Crippen molar-refractivity contribution in [3.63, 3.8) is 0 Å². The van der Waals surface area contributed by atoms with E-state index < -0.39 is 5.60 Å². The molecule has 1 aromatic carbocycles. The van der Waals surface area contributed by atoms with Gasteiger partial charge < -0.3 is 14.9 Å². The second kappa shape index (κ2) is 7.03. The highest BCUT2D eigenvalue weighted by molar-refractivity contribution is 5.86. The summed E-state index contributed by atoms with van der Waals surface area (Å²) in [7, 11) is 0.